The highest BCUT2D eigenvalue weighted by atomic mass is 16.6. The number of nitrogens with zero attached hydrogens (tertiary/aromatic N) is 3. The average Bonchev–Trinajstić information content (AvgIpc) is 2.57. The normalized spacial score (nSPS) is 16.9. The number of hydrogen-bond acceptors (Lipinski definition) is 4. The first-order valence-corrected chi connectivity index (χ1v) is 5.36. The minimum atomic E-state index is -0.124. The first-order chi connectivity index (χ1) is 7.79. The van der Waals surface area contributed by atoms with Gasteiger partial charge in [0.2, 0.25) is 5.82 Å². The van der Waals surface area contributed by atoms with Crippen molar-refractivity contribution in [2.75, 3.05) is 31.1 Å². The molecule has 1 saturated heterocycles. The molecule has 1 aromatic rings. The fourth-order valence-electron chi connectivity index (χ4n) is 1.84. The van der Waals surface area contributed by atoms with E-state index in [-0.39, 0.29) is 10.6 Å². The van der Waals surface area contributed by atoms with Crippen LogP contribution in [-0.4, -0.2) is 41.3 Å². The van der Waals surface area contributed by atoms with Crippen LogP contribution in [-0.2, 0) is 0 Å². The molecule has 1 aromatic heterocycles. The molecule has 16 heavy (non-hydrogen) atoms. The highest BCUT2D eigenvalue weighted by Gasteiger charge is 2.24. The third-order valence-electron chi connectivity index (χ3n) is 2.61. The Kier molecular flexibility index (Phi) is 3.31. The molecule has 0 bridgehead atoms. The molecule has 2 heterocycles. The van der Waals surface area contributed by atoms with E-state index in [1.54, 1.807) is 18.3 Å². The van der Waals surface area contributed by atoms with Gasteiger partial charge in [0.15, 0.2) is 0 Å². The molecule has 6 heteroatoms. The van der Waals surface area contributed by atoms with Crippen molar-refractivity contribution in [2.45, 2.75) is 6.42 Å². The van der Waals surface area contributed by atoms with Crippen LogP contribution in [0.25, 0.3) is 0 Å². The van der Waals surface area contributed by atoms with Gasteiger partial charge in [-0.25, -0.2) is 10.2 Å². The van der Waals surface area contributed by atoms with E-state index in [1.807, 2.05) is 4.90 Å². The van der Waals surface area contributed by atoms with Gasteiger partial charge in [0, 0.05) is 31.9 Å². The van der Waals surface area contributed by atoms with E-state index in [0.29, 0.717) is 5.82 Å². The highest BCUT2D eigenvalue weighted by Crippen LogP contribution is 2.24. The van der Waals surface area contributed by atoms with Gasteiger partial charge in [-0.05, 0) is 19.0 Å². The Morgan fingerprint density at radius 1 is 1.44 bits per heavy atom. The summed E-state index contributed by atoms with van der Waals surface area (Å²) in [5.74, 6) is 0.545. The van der Waals surface area contributed by atoms with Gasteiger partial charge < -0.3 is 10.2 Å². The van der Waals surface area contributed by atoms with Crippen molar-refractivity contribution < 1.29 is 10.1 Å². The number of anilines is 1. The zero-order valence-electron chi connectivity index (χ0n) is 8.96. The maximum absolute atomic E-state index is 11.0. The summed E-state index contributed by atoms with van der Waals surface area (Å²) in [6, 6.07) is 3.20. The lowest BCUT2D eigenvalue weighted by Crippen LogP contribution is -2.29. The largest absolute Gasteiger partial charge is 0.358 e. The minimum Gasteiger partial charge on any atom is -0.349 e. The molecule has 1 aliphatic rings. The van der Waals surface area contributed by atoms with Gasteiger partial charge in [0.1, 0.15) is 0 Å². The number of rotatable bonds is 2. The molecule has 0 spiro atoms. The lowest BCUT2D eigenvalue weighted by Gasteiger charge is -2.19. The van der Waals surface area contributed by atoms with Crippen LogP contribution in [0.4, 0.5) is 11.5 Å². The molecule has 0 amide bonds. The third-order valence-corrected chi connectivity index (χ3v) is 2.61. The second kappa shape index (κ2) is 4.89. The first kappa shape index (κ1) is 10.8. The Balaban J connectivity index is 2.27. The maximum Gasteiger partial charge on any atom is 0.358 e. The third kappa shape index (κ3) is 2.27. The molecule has 1 aliphatic heterocycles. The fraction of sp³-hybridized carbons (Fsp3) is 0.500. The van der Waals surface area contributed by atoms with Crippen molar-refractivity contribution in [3.05, 3.63) is 23.2 Å². The Labute approximate surface area is 93.4 Å². The van der Waals surface area contributed by atoms with E-state index in [1.165, 1.54) is 0 Å². The van der Waals surface area contributed by atoms with Gasteiger partial charge >= 0.3 is 5.69 Å². The first-order valence-electron chi connectivity index (χ1n) is 5.36. The van der Waals surface area contributed by atoms with Crippen LogP contribution in [0.2, 0.25) is 0 Å². The second-order valence-electron chi connectivity index (χ2n) is 3.71. The van der Waals surface area contributed by atoms with Gasteiger partial charge in [-0.2, -0.15) is 0 Å². The summed E-state index contributed by atoms with van der Waals surface area (Å²) >= 11 is 0. The van der Waals surface area contributed by atoms with Crippen molar-refractivity contribution in [1.82, 2.24) is 10.3 Å². The summed E-state index contributed by atoms with van der Waals surface area (Å²) < 4.78 is 0. The summed E-state index contributed by atoms with van der Waals surface area (Å²) in [7, 11) is 0. The van der Waals surface area contributed by atoms with Gasteiger partial charge in [-0.3, -0.25) is 0 Å². The topological polar surface area (TPSA) is 68.5 Å². The SMILES string of the molecule is O=[N+](O)c1cccnc1N1CCCNCC1. The van der Waals surface area contributed by atoms with Crippen LogP contribution in [0.15, 0.2) is 18.3 Å². The second-order valence-corrected chi connectivity index (χ2v) is 3.71. The highest BCUT2D eigenvalue weighted by molar-refractivity contribution is 5.56. The van der Waals surface area contributed by atoms with Crippen molar-refractivity contribution in [2.24, 2.45) is 0 Å². The Hall–Kier alpha value is -1.69. The van der Waals surface area contributed by atoms with Crippen molar-refractivity contribution in [3.63, 3.8) is 0 Å². The van der Waals surface area contributed by atoms with E-state index in [2.05, 4.69) is 10.3 Å². The lowest BCUT2D eigenvalue weighted by atomic mass is 10.3. The summed E-state index contributed by atoms with van der Waals surface area (Å²) in [4.78, 5) is 17.0. The molecule has 0 saturated carbocycles. The van der Waals surface area contributed by atoms with Gasteiger partial charge in [-0.1, -0.05) is 0 Å². The molecule has 6 nitrogen and oxygen atoms in total. The van der Waals surface area contributed by atoms with Crippen LogP contribution >= 0.6 is 0 Å². The van der Waals surface area contributed by atoms with E-state index < -0.39 is 0 Å². The van der Waals surface area contributed by atoms with E-state index in [4.69, 9.17) is 5.21 Å². The van der Waals surface area contributed by atoms with Crippen molar-refractivity contribution in [1.29, 1.82) is 0 Å². The fourth-order valence-corrected chi connectivity index (χ4v) is 1.84. The summed E-state index contributed by atoms with van der Waals surface area (Å²) in [5.41, 5.74) is 0.199. The number of aromatic nitrogens is 1. The Morgan fingerprint density at radius 2 is 2.31 bits per heavy atom. The number of hydrogen-bond donors (Lipinski definition) is 2. The predicted molar refractivity (Wildman–Crippen MR) is 59.0 cm³/mol. The number of pyridine rings is 1. The van der Waals surface area contributed by atoms with E-state index in [9.17, 15) is 4.91 Å². The van der Waals surface area contributed by atoms with Crippen LogP contribution in [0.5, 0.6) is 0 Å². The molecule has 1 fully saturated rings. The predicted octanol–water partition coefficient (Wildman–Crippen LogP) is 0.681. The Bertz CT molecular complexity index is 375. The zero-order valence-corrected chi connectivity index (χ0v) is 8.96. The van der Waals surface area contributed by atoms with E-state index in [0.717, 1.165) is 32.6 Å². The molecule has 2 N–H and O–H groups in total. The minimum absolute atomic E-state index is 0.124. The average molecular weight is 223 g/mol. The maximum atomic E-state index is 11.0. The van der Waals surface area contributed by atoms with Crippen molar-refractivity contribution >= 4 is 11.5 Å². The van der Waals surface area contributed by atoms with E-state index >= 15 is 0 Å². The van der Waals surface area contributed by atoms with Crippen LogP contribution in [0, 0.1) is 4.91 Å². The molecular weight excluding hydrogens is 208 g/mol. The lowest BCUT2D eigenvalue weighted by molar-refractivity contribution is -0.729. The standard InChI is InChI=1S/C10H15N4O2/c15-14(16)9-3-1-5-12-10(9)13-7-2-4-11-6-8-13/h1,3,5,11H,2,4,6-8H2,(H,15,16)/q+1. The molecule has 86 valence electrons. The Morgan fingerprint density at radius 3 is 3.12 bits per heavy atom. The van der Waals surface area contributed by atoms with Gasteiger partial charge in [0.25, 0.3) is 4.92 Å². The van der Waals surface area contributed by atoms with Gasteiger partial charge in [0.05, 0.1) is 4.91 Å². The molecule has 0 aromatic carbocycles. The molecule has 0 radical (unpaired) electrons. The molecule has 0 atom stereocenters. The van der Waals surface area contributed by atoms with Gasteiger partial charge in [-0.15, -0.1) is 0 Å². The molecule has 2 rings (SSSR count). The number of nitrogens with one attached hydrogen (secondary N) is 1. The molecular formula is C10H15N4O2+. The van der Waals surface area contributed by atoms with Crippen LogP contribution < -0.4 is 10.2 Å². The summed E-state index contributed by atoms with van der Waals surface area (Å²) in [6.07, 6.45) is 2.63. The summed E-state index contributed by atoms with van der Waals surface area (Å²) in [6.45, 7) is 3.46. The molecule has 0 aliphatic carbocycles. The molecule has 0 unspecified atom stereocenters. The smallest absolute Gasteiger partial charge is 0.349 e. The summed E-state index contributed by atoms with van der Waals surface area (Å²) in [5, 5.41) is 12.3. The zero-order chi connectivity index (χ0) is 11.4. The quantitative estimate of drug-likeness (QED) is 0.722. The van der Waals surface area contributed by atoms with Crippen molar-refractivity contribution in [3.8, 4) is 0 Å². The van der Waals surface area contributed by atoms with Crippen LogP contribution in [0.3, 0.4) is 0 Å². The monoisotopic (exact) mass is 223 g/mol. The van der Waals surface area contributed by atoms with Crippen LogP contribution in [0.1, 0.15) is 6.42 Å².